The summed E-state index contributed by atoms with van der Waals surface area (Å²) in [5.41, 5.74) is 10.9. The molecule has 1 unspecified atom stereocenters. The third kappa shape index (κ3) is 1.84. The van der Waals surface area contributed by atoms with Gasteiger partial charge < -0.3 is 16.6 Å². The van der Waals surface area contributed by atoms with Gasteiger partial charge in [0.05, 0.1) is 11.9 Å². The molecule has 0 aliphatic rings. The lowest BCUT2D eigenvalue weighted by atomic mass is 10.2. The van der Waals surface area contributed by atoms with Crippen LogP contribution in [0.5, 0.6) is 0 Å². The van der Waals surface area contributed by atoms with Gasteiger partial charge in [0.2, 0.25) is 0 Å². The molecule has 1 atom stereocenters. The van der Waals surface area contributed by atoms with Gasteiger partial charge in [-0.3, -0.25) is 0 Å². The van der Waals surface area contributed by atoms with Gasteiger partial charge in [0, 0.05) is 0 Å². The quantitative estimate of drug-likeness (QED) is 0.433. The number of aliphatic hydroxyl groups excluding tert-OH is 1. The normalized spacial score (nSPS) is 12.9. The molecule has 0 fully saturated rings. The topological polar surface area (TPSA) is 72.3 Å². The van der Waals surface area contributed by atoms with Crippen molar-refractivity contribution < 1.29 is 5.11 Å². The van der Waals surface area contributed by atoms with Gasteiger partial charge in [-0.15, -0.1) is 0 Å². The molecule has 0 aromatic carbocycles. The highest BCUT2D eigenvalue weighted by atomic mass is 16.3. The molecule has 0 saturated carbocycles. The fourth-order valence-corrected chi connectivity index (χ4v) is 0.241. The van der Waals surface area contributed by atoms with Gasteiger partial charge >= 0.3 is 0 Å². The monoisotopic (exact) mass is 116 g/mol. The number of hydrogen-bond acceptors (Lipinski definition) is 3. The van der Waals surface area contributed by atoms with Crippen LogP contribution in [0.2, 0.25) is 0 Å². The number of hydrogen-bond donors (Lipinski definition) is 3. The molecule has 0 saturated heterocycles. The summed E-state index contributed by atoms with van der Waals surface area (Å²) >= 11 is 0. The maximum absolute atomic E-state index is 8.77. The first-order valence-corrected chi connectivity index (χ1v) is 2.45. The largest absolute Gasteiger partial charge is 0.389 e. The van der Waals surface area contributed by atoms with Crippen LogP contribution in [-0.4, -0.2) is 11.2 Å². The second-order valence-corrected chi connectivity index (χ2v) is 1.81. The summed E-state index contributed by atoms with van der Waals surface area (Å²) in [4.78, 5) is 0. The summed E-state index contributed by atoms with van der Waals surface area (Å²) in [6.07, 6.45) is -0.528. The zero-order chi connectivity index (χ0) is 6.73. The molecule has 0 bridgehead atoms. The Morgan fingerprint density at radius 2 is 1.88 bits per heavy atom. The predicted molar refractivity (Wildman–Crippen MR) is 32.8 cm³/mol. The number of rotatable bonds is 1. The lowest BCUT2D eigenvalue weighted by molar-refractivity contribution is 0.230. The van der Waals surface area contributed by atoms with E-state index in [1.807, 2.05) is 0 Å². The van der Waals surface area contributed by atoms with Crippen LogP contribution in [0.3, 0.4) is 0 Å². The molecule has 0 radical (unpaired) electrons. The van der Waals surface area contributed by atoms with Crippen LogP contribution in [0.15, 0.2) is 11.4 Å². The zero-order valence-electron chi connectivity index (χ0n) is 5.18. The Morgan fingerprint density at radius 3 is 1.88 bits per heavy atom. The molecule has 0 aromatic heterocycles. The molecule has 0 heterocycles. The maximum Gasteiger partial charge on any atom is 0.0948 e. The molecule has 0 amide bonds. The zero-order valence-corrected chi connectivity index (χ0v) is 5.18. The third-order valence-corrected chi connectivity index (χ3v) is 1.08. The highest BCUT2D eigenvalue weighted by Crippen LogP contribution is 1.98. The molecule has 0 aromatic rings. The van der Waals surface area contributed by atoms with Crippen LogP contribution < -0.4 is 11.5 Å². The number of aliphatic hydroxyl groups is 1. The molecule has 3 nitrogen and oxygen atoms in total. The van der Waals surface area contributed by atoms with E-state index < -0.39 is 6.10 Å². The standard InChI is InChI=1S/C5H12N2O/c1-3(4(2)8)5(6)7/h4,8H,6-7H2,1-2H3. The maximum atomic E-state index is 8.77. The average molecular weight is 116 g/mol. The van der Waals surface area contributed by atoms with E-state index in [0.29, 0.717) is 5.57 Å². The van der Waals surface area contributed by atoms with Crippen LogP contribution in [0, 0.1) is 0 Å². The van der Waals surface area contributed by atoms with Crippen LogP contribution in [0.1, 0.15) is 13.8 Å². The number of nitrogens with two attached hydrogens (primary N) is 2. The van der Waals surface area contributed by atoms with E-state index in [-0.39, 0.29) is 5.82 Å². The Morgan fingerprint density at radius 1 is 1.50 bits per heavy atom. The minimum atomic E-state index is -0.528. The Kier molecular flexibility index (Phi) is 2.34. The first kappa shape index (κ1) is 7.30. The van der Waals surface area contributed by atoms with Crippen molar-refractivity contribution in [1.82, 2.24) is 0 Å². The molecular formula is C5H12N2O. The molecule has 48 valence electrons. The van der Waals surface area contributed by atoms with Crippen molar-refractivity contribution in [3.63, 3.8) is 0 Å². The fourth-order valence-electron chi connectivity index (χ4n) is 0.241. The summed E-state index contributed by atoms with van der Waals surface area (Å²) in [5, 5.41) is 8.77. The van der Waals surface area contributed by atoms with E-state index >= 15 is 0 Å². The van der Waals surface area contributed by atoms with Gasteiger partial charge in [0.15, 0.2) is 0 Å². The summed E-state index contributed by atoms with van der Waals surface area (Å²) in [7, 11) is 0. The van der Waals surface area contributed by atoms with Gasteiger partial charge in [0.1, 0.15) is 0 Å². The Bertz CT molecular complexity index is 103. The lowest BCUT2D eigenvalue weighted by Gasteiger charge is -2.04. The Labute approximate surface area is 49.0 Å². The summed E-state index contributed by atoms with van der Waals surface area (Å²) in [6, 6.07) is 0. The van der Waals surface area contributed by atoms with Crippen LogP contribution in [0.4, 0.5) is 0 Å². The second kappa shape index (κ2) is 2.57. The van der Waals surface area contributed by atoms with Gasteiger partial charge in [-0.1, -0.05) is 0 Å². The van der Waals surface area contributed by atoms with E-state index in [1.165, 1.54) is 0 Å². The highest BCUT2D eigenvalue weighted by molar-refractivity contribution is 5.08. The first-order valence-electron chi connectivity index (χ1n) is 2.45. The SMILES string of the molecule is CC(=C(N)N)C(C)O. The molecule has 0 rings (SSSR count). The second-order valence-electron chi connectivity index (χ2n) is 1.81. The summed E-state index contributed by atoms with van der Waals surface area (Å²) in [5.74, 6) is 0.208. The van der Waals surface area contributed by atoms with Crippen molar-refractivity contribution in [3.8, 4) is 0 Å². The third-order valence-electron chi connectivity index (χ3n) is 1.08. The molecule has 0 spiro atoms. The van der Waals surface area contributed by atoms with Crippen molar-refractivity contribution in [3.05, 3.63) is 11.4 Å². The van der Waals surface area contributed by atoms with E-state index in [0.717, 1.165) is 0 Å². The first-order chi connectivity index (χ1) is 3.55. The summed E-state index contributed by atoms with van der Waals surface area (Å²) < 4.78 is 0. The average Bonchev–Trinajstić information content (AvgIpc) is 1.64. The van der Waals surface area contributed by atoms with Crippen molar-refractivity contribution in [1.29, 1.82) is 0 Å². The van der Waals surface area contributed by atoms with E-state index in [9.17, 15) is 0 Å². The lowest BCUT2D eigenvalue weighted by Crippen LogP contribution is -2.16. The van der Waals surface area contributed by atoms with Crippen molar-refractivity contribution in [2.24, 2.45) is 11.5 Å². The molecular weight excluding hydrogens is 104 g/mol. The molecule has 5 N–H and O–H groups in total. The van der Waals surface area contributed by atoms with Crippen LogP contribution >= 0.6 is 0 Å². The fraction of sp³-hybridized carbons (Fsp3) is 0.600. The van der Waals surface area contributed by atoms with Gasteiger partial charge in [-0.05, 0) is 19.4 Å². The van der Waals surface area contributed by atoms with Crippen molar-refractivity contribution in [2.45, 2.75) is 20.0 Å². The molecule has 0 aliphatic heterocycles. The minimum Gasteiger partial charge on any atom is -0.389 e. The Balaban J connectivity index is 4.00. The molecule has 0 aliphatic carbocycles. The van der Waals surface area contributed by atoms with Gasteiger partial charge in [0.25, 0.3) is 0 Å². The highest BCUT2D eigenvalue weighted by Gasteiger charge is 1.99. The van der Waals surface area contributed by atoms with Crippen LogP contribution in [0.25, 0.3) is 0 Å². The van der Waals surface area contributed by atoms with E-state index in [4.69, 9.17) is 16.6 Å². The van der Waals surface area contributed by atoms with Crippen molar-refractivity contribution >= 4 is 0 Å². The van der Waals surface area contributed by atoms with E-state index in [2.05, 4.69) is 0 Å². The van der Waals surface area contributed by atoms with E-state index in [1.54, 1.807) is 13.8 Å². The van der Waals surface area contributed by atoms with Gasteiger partial charge in [-0.2, -0.15) is 0 Å². The summed E-state index contributed by atoms with van der Waals surface area (Å²) in [6.45, 7) is 3.31. The molecule has 8 heavy (non-hydrogen) atoms. The predicted octanol–water partition coefficient (Wildman–Crippen LogP) is -0.484. The van der Waals surface area contributed by atoms with Gasteiger partial charge in [-0.25, -0.2) is 0 Å². The molecule has 3 heteroatoms. The van der Waals surface area contributed by atoms with Crippen LogP contribution in [-0.2, 0) is 0 Å². The Hall–Kier alpha value is -0.700. The smallest absolute Gasteiger partial charge is 0.0948 e. The van der Waals surface area contributed by atoms with Crippen molar-refractivity contribution in [2.75, 3.05) is 0 Å². The minimum absolute atomic E-state index is 0.208.